The maximum absolute atomic E-state index is 13.1. The summed E-state index contributed by atoms with van der Waals surface area (Å²) in [6, 6.07) is 7.58. The number of piperazine rings is 1. The van der Waals surface area contributed by atoms with E-state index >= 15 is 0 Å². The smallest absolute Gasteiger partial charge is 0.261 e. The highest BCUT2D eigenvalue weighted by Crippen LogP contribution is 2.23. The zero-order valence-corrected chi connectivity index (χ0v) is 17.2. The van der Waals surface area contributed by atoms with Gasteiger partial charge in [0.2, 0.25) is 5.91 Å². The predicted molar refractivity (Wildman–Crippen MR) is 109 cm³/mol. The van der Waals surface area contributed by atoms with E-state index in [1.54, 1.807) is 11.7 Å². The molecule has 2 heterocycles. The van der Waals surface area contributed by atoms with Gasteiger partial charge in [0.15, 0.2) is 0 Å². The fraction of sp³-hybridized carbons (Fsp3) is 0.571. The number of benzene rings is 1. The van der Waals surface area contributed by atoms with Gasteiger partial charge in [-0.2, -0.15) is 0 Å². The number of ether oxygens (including phenoxy) is 1. The van der Waals surface area contributed by atoms with Gasteiger partial charge in [-0.25, -0.2) is 4.98 Å². The lowest BCUT2D eigenvalue weighted by atomic mass is 10.1. The van der Waals surface area contributed by atoms with Gasteiger partial charge >= 0.3 is 0 Å². The van der Waals surface area contributed by atoms with Crippen molar-refractivity contribution in [2.45, 2.75) is 45.8 Å². The van der Waals surface area contributed by atoms with Gasteiger partial charge in [0.1, 0.15) is 5.82 Å². The number of para-hydroxylation sites is 1. The van der Waals surface area contributed by atoms with E-state index in [2.05, 4.69) is 18.7 Å². The van der Waals surface area contributed by atoms with E-state index in [0.717, 1.165) is 24.4 Å². The van der Waals surface area contributed by atoms with Crippen molar-refractivity contribution < 1.29 is 9.53 Å². The van der Waals surface area contributed by atoms with E-state index < -0.39 is 0 Å². The summed E-state index contributed by atoms with van der Waals surface area (Å²) in [6.45, 7) is 9.23. The molecule has 0 bridgehead atoms. The van der Waals surface area contributed by atoms with Crippen LogP contribution in [0, 0.1) is 0 Å². The van der Waals surface area contributed by atoms with Gasteiger partial charge in [-0.3, -0.25) is 19.1 Å². The summed E-state index contributed by atoms with van der Waals surface area (Å²) in [5.74, 6) is 0.948. The Labute approximate surface area is 165 Å². The van der Waals surface area contributed by atoms with Crippen LogP contribution in [0.4, 0.5) is 0 Å². The third kappa shape index (κ3) is 3.95. The number of amides is 1. The van der Waals surface area contributed by atoms with Gasteiger partial charge in [-0.05, 0) is 26.0 Å². The van der Waals surface area contributed by atoms with Gasteiger partial charge in [0, 0.05) is 39.2 Å². The molecule has 1 saturated heterocycles. The quantitative estimate of drug-likeness (QED) is 0.760. The molecule has 2 atom stereocenters. The minimum absolute atomic E-state index is 0.0302. The van der Waals surface area contributed by atoms with Crippen LogP contribution in [0.2, 0.25) is 0 Å². The van der Waals surface area contributed by atoms with E-state index in [-0.39, 0.29) is 23.6 Å². The number of carbonyl (C=O) groups excluding carboxylic acids is 1. The van der Waals surface area contributed by atoms with Gasteiger partial charge in [-0.15, -0.1) is 0 Å². The molecule has 2 unspecified atom stereocenters. The van der Waals surface area contributed by atoms with E-state index in [0.29, 0.717) is 31.5 Å². The van der Waals surface area contributed by atoms with Crippen molar-refractivity contribution in [3.63, 3.8) is 0 Å². The molecular formula is C21H30N4O3. The van der Waals surface area contributed by atoms with Crippen LogP contribution in [0.25, 0.3) is 10.9 Å². The molecular weight excluding hydrogens is 356 g/mol. The number of methoxy groups -OCH3 is 1. The molecule has 0 N–H and O–H groups in total. The van der Waals surface area contributed by atoms with Crippen molar-refractivity contribution in [2.75, 3.05) is 33.4 Å². The van der Waals surface area contributed by atoms with Crippen LogP contribution >= 0.6 is 0 Å². The molecule has 1 fully saturated rings. The van der Waals surface area contributed by atoms with Crippen LogP contribution in [-0.2, 0) is 16.1 Å². The van der Waals surface area contributed by atoms with Crippen molar-refractivity contribution in [1.29, 1.82) is 0 Å². The minimum Gasteiger partial charge on any atom is -0.383 e. The lowest BCUT2D eigenvalue weighted by Crippen LogP contribution is -2.54. The molecule has 28 heavy (non-hydrogen) atoms. The number of aromatic nitrogens is 2. The predicted octanol–water partition coefficient (Wildman–Crippen LogP) is 2.05. The lowest BCUT2D eigenvalue weighted by Gasteiger charge is -2.42. The highest BCUT2D eigenvalue weighted by Gasteiger charge is 2.31. The van der Waals surface area contributed by atoms with Crippen LogP contribution in [0.5, 0.6) is 0 Å². The van der Waals surface area contributed by atoms with E-state index in [9.17, 15) is 9.59 Å². The SMILES string of the molecule is CCC(=O)N1CCN(C(C)c2nc3ccccc3c(=O)n2CCOC)CC1C. The van der Waals surface area contributed by atoms with E-state index in [1.165, 1.54) is 0 Å². The van der Waals surface area contributed by atoms with Gasteiger partial charge in [0.05, 0.1) is 30.1 Å². The Morgan fingerprint density at radius 2 is 2.07 bits per heavy atom. The van der Waals surface area contributed by atoms with Crippen molar-refractivity contribution >= 4 is 16.8 Å². The van der Waals surface area contributed by atoms with Crippen molar-refractivity contribution in [2.24, 2.45) is 0 Å². The number of hydrogen-bond acceptors (Lipinski definition) is 5. The number of hydrogen-bond donors (Lipinski definition) is 0. The Morgan fingerprint density at radius 3 is 2.75 bits per heavy atom. The molecule has 1 aliphatic rings. The van der Waals surface area contributed by atoms with E-state index in [1.807, 2.05) is 36.1 Å². The van der Waals surface area contributed by atoms with Crippen LogP contribution in [-0.4, -0.2) is 64.7 Å². The summed E-state index contributed by atoms with van der Waals surface area (Å²) in [5.41, 5.74) is 0.688. The average molecular weight is 386 g/mol. The Morgan fingerprint density at radius 1 is 1.32 bits per heavy atom. The first kappa shape index (κ1) is 20.5. The number of nitrogens with zero attached hydrogens (tertiary/aromatic N) is 4. The summed E-state index contributed by atoms with van der Waals surface area (Å²) in [6.07, 6.45) is 0.530. The van der Waals surface area contributed by atoms with E-state index in [4.69, 9.17) is 9.72 Å². The summed E-state index contributed by atoms with van der Waals surface area (Å²) >= 11 is 0. The topological polar surface area (TPSA) is 67.7 Å². The van der Waals surface area contributed by atoms with Crippen molar-refractivity contribution in [3.05, 3.63) is 40.4 Å². The molecule has 0 radical (unpaired) electrons. The first-order chi connectivity index (χ1) is 13.5. The zero-order chi connectivity index (χ0) is 20.3. The molecule has 2 aromatic rings. The van der Waals surface area contributed by atoms with Crippen LogP contribution in [0.3, 0.4) is 0 Å². The van der Waals surface area contributed by atoms with Gasteiger partial charge in [-0.1, -0.05) is 19.1 Å². The third-order valence-electron chi connectivity index (χ3n) is 5.61. The van der Waals surface area contributed by atoms with Crippen LogP contribution in [0.1, 0.15) is 39.1 Å². The maximum atomic E-state index is 13.1. The number of rotatable bonds is 6. The molecule has 7 nitrogen and oxygen atoms in total. The second-order valence-corrected chi connectivity index (χ2v) is 7.40. The molecule has 1 aliphatic heterocycles. The second kappa shape index (κ2) is 8.84. The molecule has 1 amide bonds. The highest BCUT2D eigenvalue weighted by molar-refractivity contribution is 5.77. The minimum atomic E-state index is -0.0320. The summed E-state index contributed by atoms with van der Waals surface area (Å²) < 4.78 is 6.96. The summed E-state index contributed by atoms with van der Waals surface area (Å²) in [7, 11) is 1.63. The molecule has 1 aromatic carbocycles. The monoisotopic (exact) mass is 386 g/mol. The first-order valence-electron chi connectivity index (χ1n) is 9.99. The summed E-state index contributed by atoms with van der Waals surface area (Å²) in [4.78, 5) is 34.3. The van der Waals surface area contributed by atoms with Crippen LogP contribution in [0.15, 0.2) is 29.1 Å². The Balaban J connectivity index is 1.93. The molecule has 1 aromatic heterocycles. The Bertz CT molecular complexity index is 895. The van der Waals surface area contributed by atoms with Gasteiger partial charge in [0.25, 0.3) is 5.56 Å². The van der Waals surface area contributed by atoms with Crippen molar-refractivity contribution in [3.8, 4) is 0 Å². The second-order valence-electron chi connectivity index (χ2n) is 7.40. The lowest BCUT2D eigenvalue weighted by molar-refractivity contribution is -0.135. The molecule has 0 aliphatic carbocycles. The third-order valence-corrected chi connectivity index (χ3v) is 5.61. The van der Waals surface area contributed by atoms with Gasteiger partial charge < -0.3 is 9.64 Å². The fourth-order valence-electron chi connectivity index (χ4n) is 3.98. The normalized spacial score (nSPS) is 19.1. The highest BCUT2D eigenvalue weighted by atomic mass is 16.5. The molecule has 0 spiro atoms. The maximum Gasteiger partial charge on any atom is 0.261 e. The zero-order valence-electron chi connectivity index (χ0n) is 17.2. The summed E-state index contributed by atoms with van der Waals surface area (Å²) in [5, 5.41) is 0.626. The standard InChI is InChI=1S/C21H30N4O3/c1-5-19(26)24-11-10-23(14-15(24)2)16(3)20-22-18-9-7-6-8-17(18)21(27)25(20)12-13-28-4/h6-9,15-16H,5,10-14H2,1-4H3. The van der Waals surface area contributed by atoms with Crippen LogP contribution < -0.4 is 5.56 Å². The number of carbonyl (C=O) groups is 1. The molecule has 0 saturated carbocycles. The largest absolute Gasteiger partial charge is 0.383 e. The molecule has 7 heteroatoms. The molecule has 152 valence electrons. The number of fused-ring (bicyclic) bond motifs is 1. The fourth-order valence-corrected chi connectivity index (χ4v) is 3.98. The molecule has 3 rings (SSSR count). The Kier molecular flexibility index (Phi) is 6.46. The first-order valence-corrected chi connectivity index (χ1v) is 9.99. The average Bonchev–Trinajstić information content (AvgIpc) is 2.71. The van der Waals surface area contributed by atoms with Crippen molar-refractivity contribution in [1.82, 2.24) is 19.4 Å². The Hall–Kier alpha value is -2.25.